The monoisotopic (exact) mass is 395 g/mol. The molecule has 2 heterocycles. The van der Waals surface area contributed by atoms with E-state index in [0.717, 1.165) is 50.7 Å². The summed E-state index contributed by atoms with van der Waals surface area (Å²) in [6.45, 7) is 6.40. The molecule has 1 fully saturated rings. The van der Waals surface area contributed by atoms with Gasteiger partial charge in [0.1, 0.15) is 17.5 Å². The van der Waals surface area contributed by atoms with Gasteiger partial charge in [-0.3, -0.25) is 4.90 Å². The molecule has 0 atom stereocenters. The van der Waals surface area contributed by atoms with Gasteiger partial charge in [-0.2, -0.15) is 0 Å². The molecule has 0 amide bonds. The second kappa shape index (κ2) is 8.53. The number of anilines is 3. The van der Waals surface area contributed by atoms with Crippen LogP contribution in [-0.2, 0) is 6.54 Å². The summed E-state index contributed by atoms with van der Waals surface area (Å²) < 4.78 is 26.6. The van der Waals surface area contributed by atoms with Crippen LogP contribution in [-0.4, -0.2) is 41.0 Å². The van der Waals surface area contributed by atoms with Crippen molar-refractivity contribution in [3.8, 4) is 0 Å². The minimum absolute atomic E-state index is 0.445. The largest absolute Gasteiger partial charge is 0.354 e. The van der Waals surface area contributed by atoms with Crippen molar-refractivity contribution in [1.82, 2.24) is 14.9 Å². The molecule has 0 unspecified atom stereocenters. The number of piperazine rings is 1. The first-order valence-electron chi connectivity index (χ1n) is 9.66. The minimum Gasteiger partial charge on any atom is -0.354 e. The first-order chi connectivity index (χ1) is 14.1. The number of aryl methyl sites for hydroxylation is 1. The molecule has 0 saturated carbocycles. The number of benzene rings is 2. The summed E-state index contributed by atoms with van der Waals surface area (Å²) in [5.74, 6) is 0.255. The van der Waals surface area contributed by atoms with E-state index >= 15 is 0 Å². The predicted molar refractivity (Wildman–Crippen MR) is 110 cm³/mol. The van der Waals surface area contributed by atoms with Crippen LogP contribution >= 0.6 is 0 Å². The molecule has 0 aliphatic carbocycles. The third-order valence-corrected chi connectivity index (χ3v) is 4.96. The number of hydrogen-bond donors (Lipinski definition) is 1. The number of hydrogen-bond acceptors (Lipinski definition) is 5. The Balaban J connectivity index is 1.42. The maximum atomic E-state index is 13.5. The lowest BCUT2D eigenvalue weighted by Crippen LogP contribution is -2.46. The third kappa shape index (κ3) is 4.86. The highest BCUT2D eigenvalue weighted by atomic mass is 19.2. The first-order valence-corrected chi connectivity index (χ1v) is 9.66. The molecule has 29 heavy (non-hydrogen) atoms. The molecule has 0 bridgehead atoms. The van der Waals surface area contributed by atoms with Crippen molar-refractivity contribution >= 4 is 17.3 Å². The van der Waals surface area contributed by atoms with Gasteiger partial charge in [0.05, 0.1) is 0 Å². The topological polar surface area (TPSA) is 44.3 Å². The van der Waals surface area contributed by atoms with Crippen LogP contribution in [0, 0.1) is 18.6 Å². The van der Waals surface area contributed by atoms with Gasteiger partial charge in [0.25, 0.3) is 0 Å². The fourth-order valence-corrected chi connectivity index (χ4v) is 3.48. The summed E-state index contributed by atoms with van der Waals surface area (Å²) in [5, 5.41) is 3.04. The highest BCUT2D eigenvalue weighted by Crippen LogP contribution is 2.22. The number of aromatic nitrogens is 2. The number of nitrogens with zero attached hydrogens (tertiary/aromatic N) is 4. The second-order valence-corrected chi connectivity index (χ2v) is 7.16. The quantitative estimate of drug-likeness (QED) is 0.704. The minimum atomic E-state index is -0.893. The van der Waals surface area contributed by atoms with Crippen molar-refractivity contribution < 1.29 is 8.78 Å². The van der Waals surface area contributed by atoms with Crippen LogP contribution in [0.3, 0.4) is 0 Å². The Bertz CT molecular complexity index is 972. The summed E-state index contributed by atoms with van der Waals surface area (Å²) in [6.07, 6.45) is 0. The van der Waals surface area contributed by atoms with Gasteiger partial charge in [-0.25, -0.2) is 18.7 Å². The zero-order valence-electron chi connectivity index (χ0n) is 16.3. The van der Waals surface area contributed by atoms with Crippen LogP contribution < -0.4 is 10.2 Å². The highest BCUT2D eigenvalue weighted by Gasteiger charge is 2.19. The molecule has 0 spiro atoms. The number of halogens is 2. The Morgan fingerprint density at radius 2 is 1.66 bits per heavy atom. The molecule has 4 rings (SSSR count). The van der Waals surface area contributed by atoms with Crippen LogP contribution in [0.15, 0.2) is 54.6 Å². The van der Waals surface area contributed by atoms with Gasteiger partial charge in [0, 0.05) is 50.5 Å². The van der Waals surface area contributed by atoms with Gasteiger partial charge in [0.15, 0.2) is 11.6 Å². The van der Waals surface area contributed by atoms with Gasteiger partial charge in [-0.05, 0) is 24.6 Å². The van der Waals surface area contributed by atoms with E-state index in [-0.39, 0.29) is 0 Å². The van der Waals surface area contributed by atoms with Gasteiger partial charge in [0.2, 0.25) is 0 Å². The molecular weight excluding hydrogens is 372 g/mol. The molecule has 1 saturated heterocycles. The van der Waals surface area contributed by atoms with E-state index in [1.807, 2.05) is 19.1 Å². The van der Waals surface area contributed by atoms with Crippen LogP contribution in [0.1, 0.15) is 11.4 Å². The second-order valence-electron chi connectivity index (χ2n) is 7.16. The lowest BCUT2D eigenvalue weighted by Gasteiger charge is -2.35. The lowest BCUT2D eigenvalue weighted by molar-refractivity contribution is 0.249. The molecular formula is C22H23F2N5. The summed E-state index contributed by atoms with van der Waals surface area (Å²) in [7, 11) is 0. The molecule has 150 valence electrons. The smallest absolute Gasteiger partial charge is 0.160 e. The van der Waals surface area contributed by atoms with Crippen molar-refractivity contribution in [1.29, 1.82) is 0 Å². The van der Waals surface area contributed by atoms with Gasteiger partial charge >= 0.3 is 0 Å². The van der Waals surface area contributed by atoms with E-state index in [1.165, 1.54) is 11.6 Å². The summed E-state index contributed by atoms with van der Waals surface area (Å²) in [5.41, 5.74) is 1.76. The van der Waals surface area contributed by atoms with E-state index in [9.17, 15) is 8.78 Å². The standard InChI is InChI=1S/C22H23F2N5/c1-16-25-21(27-18-7-8-19(23)20(24)13-18)14-22(26-16)29-11-9-28(10-12-29)15-17-5-3-2-4-6-17/h2-8,13-14H,9-12,15H2,1H3,(H,25,26,27). The fourth-order valence-electron chi connectivity index (χ4n) is 3.48. The Kier molecular flexibility index (Phi) is 5.67. The van der Waals surface area contributed by atoms with Crippen LogP contribution in [0.2, 0.25) is 0 Å². The molecule has 5 nitrogen and oxygen atoms in total. The maximum Gasteiger partial charge on any atom is 0.160 e. The van der Waals surface area contributed by atoms with E-state index in [0.29, 0.717) is 17.3 Å². The number of nitrogens with one attached hydrogen (secondary N) is 1. The Labute approximate surface area is 169 Å². The first kappa shape index (κ1) is 19.3. The Morgan fingerprint density at radius 3 is 2.38 bits per heavy atom. The molecule has 2 aromatic carbocycles. The highest BCUT2D eigenvalue weighted by molar-refractivity contribution is 5.59. The summed E-state index contributed by atoms with van der Waals surface area (Å²) >= 11 is 0. The zero-order chi connectivity index (χ0) is 20.2. The molecule has 1 N–H and O–H groups in total. The molecule has 1 aliphatic rings. The SMILES string of the molecule is Cc1nc(Nc2ccc(F)c(F)c2)cc(N2CCN(Cc3ccccc3)CC2)n1. The van der Waals surface area contributed by atoms with Crippen molar-refractivity contribution in [2.24, 2.45) is 0 Å². The van der Waals surface area contributed by atoms with E-state index in [1.54, 1.807) is 0 Å². The number of rotatable bonds is 5. The fraction of sp³-hybridized carbons (Fsp3) is 0.273. The Morgan fingerprint density at radius 1 is 0.897 bits per heavy atom. The van der Waals surface area contributed by atoms with Crippen molar-refractivity contribution in [2.45, 2.75) is 13.5 Å². The van der Waals surface area contributed by atoms with Crippen molar-refractivity contribution in [2.75, 3.05) is 36.4 Å². The van der Waals surface area contributed by atoms with Gasteiger partial charge < -0.3 is 10.2 Å². The van der Waals surface area contributed by atoms with E-state index in [4.69, 9.17) is 0 Å². The average Bonchev–Trinajstić information content (AvgIpc) is 2.72. The third-order valence-electron chi connectivity index (χ3n) is 4.96. The van der Waals surface area contributed by atoms with Crippen LogP contribution in [0.5, 0.6) is 0 Å². The molecule has 1 aliphatic heterocycles. The molecule has 3 aromatic rings. The van der Waals surface area contributed by atoms with Crippen LogP contribution in [0.4, 0.5) is 26.1 Å². The molecule has 0 radical (unpaired) electrons. The van der Waals surface area contributed by atoms with Crippen LogP contribution in [0.25, 0.3) is 0 Å². The molecule has 7 heteroatoms. The van der Waals surface area contributed by atoms with E-state index < -0.39 is 11.6 Å². The summed E-state index contributed by atoms with van der Waals surface area (Å²) in [4.78, 5) is 13.6. The van der Waals surface area contributed by atoms with Gasteiger partial charge in [-0.15, -0.1) is 0 Å². The van der Waals surface area contributed by atoms with Crippen molar-refractivity contribution in [3.63, 3.8) is 0 Å². The van der Waals surface area contributed by atoms with E-state index in [2.05, 4.69) is 49.4 Å². The normalized spacial score (nSPS) is 14.8. The molecule has 1 aromatic heterocycles. The predicted octanol–water partition coefficient (Wildman–Crippen LogP) is 4.13. The summed E-state index contributed by atoms with van der Waals surface area (Å²) in [6, 6.07) is 16.0. The average molecular weight is 395 g/mol. The van der Waals surface area contributed by atoms with Crippen molar-refractivity contribution in [3.05, 3.63) is 77.6 Å². The lowest BCUT2D eigenvalue weighted by atomic mass is 10.2. The zero-order valence-corrected chi connectivity index (χ0v) is 16.3. The van der Waals surface area contributed by atoms with Gasteiger partial charge in [-0.1, -0.05) is 30.3 Å². The Hall–Kier alpha value is -3.06. The maximum absolute atomic E-state index is 13.5.